The average Bonchev–Trinajstić information content (AvgIpc) is 2.94. The molecule has 0 saturated carbocycles. The molecule has 0 aliphatic carbocycles. The van der Waals surface area contributed by atoms with Crippen LogP contribution in [0, 0.1) is 5.92 Å². The molecule has 0 unspecified atom stereocenters. The number of amides is 1. The van der Waals surface area contributed by atoms with E-state index in [-0.39, 0.29) is 5.91 Å². The second-order valence-corrected chi connectivity index (χ2v) is 6.75. The topological polar surface area (TPSA) is 28.5 Å². The number of para-hydroxylation sites is 1. The van der Waals surface area contributed by atoms with Gasteiger partial charge in [-0.3, -0.25) is 9.69 Å². The number of benzene rings is 1. The van der Waals surface area contributed by atoms with Gasteiger partial charge in [0, 0.05) is 43.3 Å². The standard InChI is InChI=1S/C18H21N3OS/c1-12(2)10-21-11-13(14-7-5-6-8-15(14)21)9-16-17(22)20(4)18(23)19(16)3/h5-9,11-12H,10H2,1-4H3. The number of hydrogen-bond acceptors (Lipinski definition) is 2. The van der Waals surface area contributed by atoms with E-state index >= 15 is 0 Å². The van der Waals surface area contributed by atoms with Crippen LogP contribution < -0.4 is 0 Å². The van der Waals surface area contributed by atoms with Crippen LogP contribution in [0.25, 0.3) is 17.0 Å². The summed E-state index contributed by atoms with van der Waals surface area (Å²) in [6.45, 7) is 5.36. The van der Waals surface area contributed by atoms with E-state index < -0.39 is 0 Å². The summed E-state index contributed by atoms with van der Waals surface area (Å²) in [7, 11) is 3.55. The van der Waals surface area contributed by atoms with Gasteiger partial charge in [-0.05, 0) is 30.3 Å². The van der Waals surface area contributed by atoms with Crippen LogP contribution in [-0.2, 0) is 11.3 Å². The van der Waals surface area contributed by atoms with Gasteiger partial charge in [0.1, 0.15) is 5.70 Å². The lowest BCUT2D eigenvalue weighted by atomic mass is 10.1. The number of rotatable bonds is 3. The minimum atomic E-state index is -0.0572. The summed E-state index contributed by atoms with van der Waals surface area (Å²) in [5.41, 5.74) is 2.86. The number of carbonyl (C=O) groups is 1. The number of thiocarbonyl (C=S) groups is 1. The molecule has 120 valence electrons. The van der Waals surface area contributed by atoms with Crippen molar-refractivity contribution < 1.29 is 4.79 Å². The van der Waals surface area contributed by atoms with E-state index in [1.165, 1.54) is 10.4 Å². The largest absolute Gasteiger partial charge is 0.347 e. The lowest BCUT2D eigenvalue weighted by Gasteiger charge is -2.10. The van der Waals surface area contributed by atoms with Crippen LogP contribution in [0.1, 0.15) is 19.4 Å². The molecule has 4 nitrogen and oxygen atoms in total. The van der Waals surface area contributed by atoms with Crippen LogP contribution in [0.2, 0.25) is 0 Å². The summed E-state index contributed by atoms with van der Waals surface area (Å²) in [6.07, 6.45) is 4.07. The van der Waals surface area contributed by atoms with Gasteiger partial charge in [0.05, 0.1) is 0 Å². The fourth-order valence-electron chi connectivity index (χ4n) is 2.97. The highest BCUT2D eigenvalue weighted by atomic mass is 32.1. The summed E-state index contributed by atoms with van der Waals surface area (Å²) in [6, 6.07) is 8.30. The van der Waals surface area contributed by atoms with Gasteiger partial charge in [-0.2, -0.15) is 0 Å². The molecule has 1 saturated heterocycles. The van der Waals surface area contributed by atoms with Crippen LogP contribution in [0.15, 0.2) is 36.2 Å². The summed E-state index contributed by atoms with van der Waals surface area (Å²) < 4.78 is 2.26. The van der Waals surface area contributed by atoms with Crippen LogP contribution in [0.3, 0.4) is 0 Å². The fourth-order valence-corrected chi connectivity index (χ4v) is 3.15. The van der Waals surface area contributed by atoms with Crippen molar-refractivity contribution in [1.82, 2.24) is 14.4 Å². The lowest BCUT2D eigenvalue weighted by Crippen LogP contribution is -2.26. The van der Waals surface area contributed by atoms with E-state index in [0.717, 1.165) is 17.5 Å². The zero-order valence-electron chi connectivity index (χ0n) is 13.9. The van der Waals surface area contributed by atoms with Crippen LogP contribution in [-0.4, -0.2) is 39.5 Å². The average molecular weight is 327 g/mol. The second-order valence-electron chi connectivity index (χ2n) is 6.38. The molecule has 1 aliphatic heterocycles. The first-order chi connectivity index (χ1) is 10.9. The second kappa shape index (κ2) is 5.81. The highest BCUT2D eigenvalue weighted by Crippen LogP contribution is 2.27. The van der Waals surface area contributed by atoms with E-state index in [1.807, 2.05) is 25.3 Å². The molecule has 0 spiro atoms. The van der Waals surface area contributed by atoms with E-state index in [2.05, 4.69) is 36.7 Å². The van der Waals surface area contributed by atoms with Gasteiger partial charge in [-0.1, -0.05) is 32.0 Å². The first-order valence-electron chi connectivity index (χ1n) is 7.75. The quantitative estimate of drug-likeness (QED) is 0.639. The summed E-state index contributed by atoms with van der Waals surface area (Å²) in [5, 5.41) is 1.69. The van der Waals surface area contributed by atoms with E-state index in [0.29, 0.717) is 16.7 Å². The lowest BCUT2D eigenvalue weighted by molar-refractivity contribution is -0.121. The molecule has 0 N–H and O–H groups in total. The Balaban J connectivity index is 2.12. The smallest absolute Gasteiger partial charge is 0.276 e. The molecule has 1 aromatic heterocycles. The van der Waals surface area contributed by atoms with Crippen LogP contribution in [0.5, 0.6) is 0 Å². The van der Waals surface area contributed by atoms with Gasteiger partial charge in [0.15, 0.2) is 5.11 Å². The van der Waals surface area contributed by atoms with Gasteiger partial charge >= 0.3 is 0 Å². The molecule has 2 aromatic rings. The molecular formula is C18H21N3OS. The van der Waals surface area contributed by atoms with Crippen molar-refractivity contribution >= 4 is 40.2 Å². The van der Waals surface area contributed by atoms with Gasteiger partial charge in [0.25, 0.3) is 5.91 Å². The first-order valence-corrected chi connectivity index (χ1v) is 8.16. The van der Waals surface area contributed by atoms with Gasteiger partial charge in [-0.15, -0.1) is 0 Å². The molecule has 1 fully saturated rings. The number of carbonyl (C=O) groups excluding carboxylic acids is 1. The molecule has 23 heavy (non-hydrogen) atoms. The normalized spacial score (nSPS) is 17.3. The van der Waals surface area contributed by atoms with Crippen molar-refractivity contribution in [2.24, 2.45) is 5.92 Å². The maximum Gasteiger partial charge on any atom is 0.276 e. The fraction of sp³-hybridized carbons (Fsp3) is 0.333. The van der Waals surface area contributed by atoms with E-state index in [1.54, 1.807) is 11.9 Å². The van der Waals surface area contributed by atoms with Crippen molar-refractivity contribution in [1.29, 1.82) is 0 Å². The van der Waals surface area contributed by atoms with Crippen molar-refractivity contribution in [3.05, 3.63) is 41.7 Å². The minimum Gasteiger partial charge on any atom is -0.347 e. The molecule has 1 amide bonds. The Morgan fingerprint density at radius 1 is 1.17 bits per heavy atom. The third-order valence-electron chi connectivity index (χ3n) is 4.13. The predicted molar refractivity (Wildman–Crippen MR) is 97.9 cm³/mol. The number of aromatic nitrogens is 1. The molecule has 1 aromatic carbocycles. The number of nitrogens with zero attached hydrogens (tertiary/aromatic N) is 3. The summed E-state index contributed by atoms with van der Waals surface area (Å²) in [5.74, 6) is 0.499. The molecule has 1 aliphatic rings. The highest BCUT2D eigenvalue weighted by Gasteiger charge is 2.32. The predicted octanol–water partition coefficient (Wildman–Crippen LogP) is 3.33. The third-order valence-corrected chi connectivity index (χ3v) is 4.68. The first kappa shape index (κ1) is 15.7. The van der Waals surface area contributed by atoms with Gasteiger partial charge in [0.2, 0.25) is 0 Å². The minimum absolute atomic E-state index is 0.0572. The molecule has 5 heteroatoms. The molecular weight excluding hydrogens is 306 g/mol. The Labute approximate surface area is 142 Å². The monoisotopic (exact) mass is 327 g/mol. The number of hydrogen-bond donors (Lipinski definition) is 0. The van der Waals surface area contributed by atoms with Crippen molar-refractivity contribution in [3.8, 4) is 0 Å². The molecule has 0 atom stereocenters. The Morgan fingerprint density at radius 3 is 2.48 bits per heavy atom. The summed E-state index contributed by atoms with van der Waals surface area (Å²) in [4.78, 5) is 15.7. The number of likely N-dealkylation sites (N-methyl/N-ethyl adjacent to an activating group) is 2. The van der Waals surface area contributed by atoms with E-state index in [4.69, 9.17) is 12.2 Å². The SMILES string of the molecule is CC(C)Cn1cc(C=C2C(=O)N(C)C(=S)N2C)c2ccccc21. The Hall–Kier alpha value is -2.14. The summed E-state index contributed by atoms with van der Waals surface area (Å²) >= 11 is 5.28. The Morgan fingerprint density at radius 2 is 1.87 bits per heavy atom. The van der Waals surface area contributed by atoms with Gasteiger partial charge < -0.3 is 9.47 Å². The van der Waals surface area contributed by atoms with Crippen LogP contribution in [0.4, 0.5) is 0 Å². The molecule has 0 radical (unpaired) electrons. The van der Waals surface area contributed by atoms with E-state index in [9.17, 15) is 4.79 Å². The Kier molecular flexibility index (Phi) is 3.98. The number of fused-ring (bicyclic) bond motifs is 1. The Bertz CT molecular complexity index is 819. The highest BCUT2D eigenvalue weighted by molar-refractivity contribution is 7.80. The van der Waals surface area contributed by atoms with Crippen molar-refractivity contribution in [3.63, 3.8) is 0 Å². The molecule has 2 heterocycles. The third kappa shape index (κ3) is 2.65. The molecule has 0 bridgehead atoms. The molecule has 3 rings (SSSR count). The maximum atomic E-state index is 12.4. The van der Waals surface area contributed by atoms with Gasteiger partial charge in [-0.25, -0.2) is 0 Å². The van der Waals surface area contributed by atoms with Crippen LogP contribution >= 0.6 is 12.2 Å². The maximum absolute atomic E-state index is 12.4. The van der Waals surface area contributed by atoms with Crippen molar-refractivity contribution in [2.45, 2.75) is 20.4 Å². The zero-order valence-corrected chi connectivity index (χ0v) is 14.7. The zero-order chi connectivity index (χ0) is 16.7. The van der Waals surface area contributed by atoms with Crippen molar-refractivity contribution in [2.75, 3.05) is 14.1 Å².